The van der Waals surface area contributed by atoms with Gasteiger partial charge in [0.2, 0.25) is 11.8 Å². The van der Waals surface area contributed by atoms with Crippen molar-refractivity contribution in [3.05, 3.63) is 57.8 Å². The number of nitrogens with one attached hydrogen (secondary N) is 1. The standard InChI is InChI=1S/C27H27Cl2F4N3O3/c28-19-7-6-15(11-20(19)29)36-13-22(24(37)12-18-21(30)2-1-3-23(18)36)35-26(39)16(8-9-27(31,32)33)17(25(34)38)10-14-4-5-14/h1-3,6-7,11,14,16-17,22H,4-5,8-10,12-13H2,(H2,34,38)(H,35,39)/t16-,17+,22+/m1/s1. The molecule has 2 aliphatic rings. The zero-order valence-electron chi connectivity index (χ0n) is 20.7. The molecule has 3 atom stereocenters. The van der Waals surface area contributed by atoms with Gasteiger partial charge in [-0.1, -0.05) is 42.1 Å². The summed E-state index contributed by atoms with van der Waals surface area (Å²) in [6, 6.07) is 7.75. The molecule has 6 nitrogen and oxygen atoms in total. The van der Waals surface area contributed by atoms with E-state index >= 15 is 0 Å². The lowest BCUT2D eigenvalue weighted by atomic mass is 9.83. The van der Waals surface area contributed by atoms with Gasteiger partial charge in [-0.15, -0.1) is 0 Å². The van der Waals surface area contributed by atoms with Crippen molar-refractivity contribution in [3.63, 3.8) is 0 Å². The second-order valence-electron chi connectivity index (χ2n) is 10.1. The van der Waals surface area contributed by atoms with E-state index in [0.29, 0.717) is 11.4 Å². The number of fused-ring (bicyclic) bond motifs is 1. The molecule has 0 radical (unpaired) electrons. The zero-order valence-corrected chi connectivity index (χ0v) is 22.3. The van der Waals surface area contributed by atoms with Gasteiger partial charge >= 0.3 is 6.18 Å². The summed E-state index contributed by atoms with van der Waals surface area (Å²) in [5.74, 6) is -5.26. The Morgan fingerprint density at radius 2 is 1.82 bits per heavy atom. The number of hydrogen-bond donors (Lipinski definition) is 2. The van der Waals surface area contributed by atoms with Gasteiger partial charge < -0.3 is 16.0 Å². The smallest absolute Gasteiger partial charge is 0.369 e. The van der Waals surface area contributed by atoms with E-state index in [2.05, 4.69) is 5.32 Å². The molecule has 39 heavy (non-hydrogen) atoms. The maximum Gasteiger partial charge on any atom is 0.389 e. The molecule has 1 heterocycles. The molecule has 1 aliphatic heterocycles. The topological polar surface area (TPSA) is 92.5 Å². The van der Waals surface area contributed by atoms with E-state index in [4.69, 9.17) is 28.9 Å². The fourth-order valence-corrected chi connectivity index (χ4v) is 5.28. The fraction of sp³-hybridized carbons (Fsp3) is 0.444. The van der Waals surface area contributed by atoms with Gasteiger partial charge in [0.15, 0.2) is 5.78 Å². The molecular weight excluding hydrogens is 561 g/mol. The van der Waals surface area contributed by atoms with Crippen LogP contribution in [-0.4, -0.2) is 36.4 Å². The van der Waals surface area contributed by atoms with Gasteiger partial charge in [0.05, 0.1) is 16.6 Å². The van der Waals surface area contributed by atoms with Gasteiger partial charge in [-0.3, -0.25) is 14.4 Å². The predicted molar refractivity (Wildman–Crippen MR) is 139 cm³/mol. The maximum atomic E-state index is 14.8. The third kappa shape index (κ3) is 7.22. The Morgan fingerprint density at radius 1 is 1.10 bits per heavy atom. The monoisotopic (exact) mass is 587 g/mol. The van der Waals surface area contributed by atoms with Gasteiger partial charge in [-0.2, -0.15) is 13.2 Å². The molecule has 0 aromatic heterocycles. The molecule has 210 valence electrons. The molecular formula is C27H27Cl2F4N3O3. The van der Waals surface area contributed by atoms with Crippen LogP contribution in [0.2, 0.25) is 10.0 Å². The summed E-state index contributed by atoms with van der Waals surface area (Å²) in [6.07, 6.45) is -5.04. The SMILES string of the molecule is NC(=O)[C@@H](CC1CC1)[C@@H](CCC(F)(F)F)C(=O)N[C@H]1CN(c2ccc(Cl)c(Cl)c2)c2cccc(F)c2CC1=O. The number of halogens is 6. The second kappa shape index (κ2) is 11.7. The number of nitrogens with zero attached hydrogens (tertiary/aromatic N) is 1. The first kappa shape index (κ1) is 29.1. The van der Waals surface area contributed by atoms with Crippen LogP contribution < -0.4 is 16.0 Å². The van der Waals surface area contributed by atoms with Crippen LogP contribution in [0.1, 0.15) is 37.7 Å². The predicted octanol–water partition coefficient (Wildman–Crippen LogP) is 5.74. The lowest BCUT2D eigenvalue weighted by molar-refractivity contribution is -0.146. The van der Waals surface area contributed by atoms with Crippen LogP contribution in [0.4, 0.5) is 28.9 Å². The number of alkyl halides is 3. The summed E-state index contributed by atoms with van der Waals surface area (Å²) in [5.41, 5.74) is 6.47. The quantitative estimate of drug-likeness (QED) is 0.366. The van der Waals surface area contributed by atoms with E-state index in [0.717, 1.165) is 12.8 Å². The van der Waals surface area contributed by atoms with Gasteiger partial charge in [-0.05, 0) is 49.1 Å². The minimum Gasteiger partial charge on any atom is -0.369 e. The third-order valence-corrected chi connectivity index (χ3v) is 7.97. The second-order valence-corrected chi connectivity index (χ2v) is 10.9. The Morgan fingerprint density at radius 3 is 2.44 bits per heavy atom. The maximum absolute atomic E-state index is 14.8. The van der Waals surface area contributed by atoms with Gasteiger partial charge in [0.1, 0.15) is 11.9 Å². The van der Waals surface area contributed by atoms with Crippen molar-refractivity contribution >= 4 is 52.2 Å². The first-order valence-corrected chi connectivity index (χ1v) is 13.3. The molecule has 0 spiro atoms. The molecule has 4 rings (SSSR count). The molecule has 2 amide bonds. The third-order valence-electron chi connectivity index (χ3n) is 7.23. The number of amides is 2. The number of carbonyl (C=O) groups excluding carboxylic acids is 3. The minimum atomic E-state index is -4.55. The number of hydrogen-bond acceptors (Lipinski definition) is 4. The molecule has 1 aliphatic carbocycles. The number of ketones is 1. The van der Waals surface area contributed by atoms with Crippen molar-refractivity contribution in [3.8, 4) is 0 Å². The first-order chi connectivity index (χ1) is 18.3. The van der Waals surface area contributed by atoms with Crippen molar-refractivity contribution < 1.29 is 31.9 Å². The van der Waals surface area contributed by atoms with Crippen molar-refractivity contribution in [1.29, 1.82) is 0 Å². The molecule has 0 unspecified atom stereocenters. The molecule has 3 N–H and O–H groups in total. The van der Waals surface area contributed by atoms with Crippen molar-refractivity contribution in [2.24, 2.45) is 23.5 Å². The van der Waals surface area contributed by atoms with Crippen molar-refractivity contribution in [2.45, 2.75) is 50.7 Å². The zero-order chi connectivity index (χ0) is 28.5. The number of primary amides is 1. The molecule has 0 bridgehead atoms. The highest BCUT2D eigenvalue weighted by Gasteiger charge is 2.41. The van der Waals surface area contributed by atoms with Crippen LogP contribution in [0, 0.1) is 23.6 Å². The van der Waals surface area contributed by atoms with Gasteiger partial charge in [0, 0.05) is 41.6 Å². The summed E-state index contributed by atoms with van der Waals surface area (Å²) in [5, 5.41) is 3.05. The Kier molecular flexibility index (Phi) is 8.75. The molecule has 2 aromatic carbocycles. The van der Waals surface area contributed by atoms with Crippen LogP contribution in [0.25, 0.3) is 0 Å². The number of carbonyl (C=O) groups is 3. The highest BCUT2D eigenvalue weighted by atomic mass is 35.5. The van der Waals surface area contributed by atoms with Crippen molar-refractivity contribution in [2.75, 3.05) is 11.4 Å². The molecule has 1 saturated carbocycles. The van der Waals surface area contributed by atoms with E-state index in [1.165, 1.54) is 24.3 Å². The number of Topliss-reactive ketones (excluding diaryl/α,β-unsaturated/α-hetero) is 1. The lowest BCUT2D eigenvalue weighted by Crippen LogP contribution is -2.51. The van der Waals surface area contributed by atoms with Crippen LogP contribution >= 0.6 is 23.2 Å². The van der Waals surface area contributed by atoms with Gasteiger partial charge in [-0.25, -0.2) is 4.39 Å². The fourth-order valence-electron chi connectivity index (χ4n) is 4.98. The summed E-state index contributed by atoms with van der Waals surface area (Å²) in [7, 11) is 0. The number of benzene rings is 2. The Hall–Kier alpha value is -2.85. The molecule has 1 fully saturated rings. The number of anilines is 2. The summed E-state index contributed by atoms with van der Waals surface area (Å²) in [4.78, 5) is 40.6. The molecule has 0 saturated heterocycles. The van der Waals surface area contributed by atoms with Crippen LogP contribution in [0.15, 0.2) is 36.4 Å². The summed E-state index contributed by atoms with van der Waals surface area (Å²) >= 11 is 12.3. The minimum absolute atomic E-state index is 0.0997. The van der Waals surface area contributed by atoms with E-state index in [-0.39, 0.29) is 40.9 Å². The summed E-state index contributed by atoms with van der Waals surface area (Å²) in [6.45, 7) is -0.158. The normalized spacial score (nSPS) is 19.2. The molecule has 12 heteroatoms. The Bertz CT molecular complexity index is 1270. The average Bonchev–Trinajstić information content (AvgIpc) is 3.68. The van der Waals surface area contributed by atoms with Crippen LogP contribution in [-0.2, 0) is 20.8 Å². The van der Waals surface area contributed by atoms with E-state index in [1.807, 2.05) is 0 Å². The van der Waals surface area contributed by atoms with Gasteiger partial charge in [0.25, 0.3) is 0 Å². The van der Waals surface area contributed by atoms with E-state index in [9.17, 15) is 31.9 Å². The summed E-state index contributed by atoms with van der Waals surface area (Å²) < 4.78 is 54.2. The van der Waals surface area contributed by atoms with Crippen molar-refractivity contribution in [1.82, 2.24) is 5.32 Å². The molecule has 2 aromatic rings. The number of rotatable bonds is 9. The Labute approximate surface area is 232 Å². The van der Waals surface area contributed by atoms with Crippen LogP contribution in [0.3, 0.4) is 0 Å². The average molecular weight is 588 g/mol. The Balaban J connectivity index is 1.65. The largest absolute Gasteiger partial charge is 0.389 e. The van der Waals surface area contributed by atoms with Crippen LogP contribution in [0.5, 0.6) is 0 Å². The number of nitrogens with two attached hydrogens (primary N) is 1. The van der Waals surface area contributed by atoms with E-state index in [1.54, 1.807) is 17.0 Å². The highest BCUT2D eigenvalue weighted by molar-refractivity contribution is 6.42. The van der Waals surface area contributed by atoms with E-state index < -0.39 is 60.3 Å². The lowest BCUT2D eigenvalue weighted by Gasteiger charge is -2.30. The first-order valence-electron chi connectivity index (χ1n) is 12.5. The highest BCUT2D eigenvalue weighted by Crippen LogP contribution is 2.40.